The van der Waals surface area contributed by atoms with Gasteiger partial charge in [-0.25, -0.2) is 4.39 Å². The van der Waals surface area contributed by atoms with Gasteiger partial charge in [0.2, 0.25) is 0 Å². The van der Waals surface area contributed by atoms with Crippen molar-refractivity contribution in [2.45, 2.75) is 24.9 Å². The highest BCUT2D eigenvalue weighted by Gasteiger charge is 2.73. The van der Waals surface area contributed by atoms with Crippen LogP contribution in [0.15, 0.2) is 18.2 Å². The van der Waals surface area contributed by atoms with Gasteiger partial charge in [0.05, 0.1) is 6.26 Å². The zero-order valence-electron chi connectivity index (χ0n) is 11.0. The van der Waals surface area contributed by atoms with Gasteiger partial charge in [-0.2, -0.15) is 34.8 Å². The summed E-state index contributed by atoms with van der Waals surface area (Å²) in [6.07, 6.45) is -12.0. The number of halogens is 7. The number of alkyl halides is 7. The summed E-state index contributed by atoms with van der Waals surface area (Å²) in [5, 5.41) is 0. The van der Waals surface area contributed by atoms with Gasteiger partial charge < -0.3 is 4.18 Å². The molecule has 0 aliphatic heterocycles. The van der Waals surface area contributed by atoms with E-state index in [-0.39, 0.29) is 11.6 Å². The third kappa shape index (κ3) is 3.62. The maximum Gasteiger partial charge on any atom is 0.435 e. The fourth-order valence-corrected chi connectivity index (χ4v) is 2.10. The van der Waals surface area contributed by atoms with E-state index in [1.54, 1.807) is 0 Å². The third-order valence-corrected chi connectivity index (χ3v) is 2.97. The highest BCUT2D eigenvalue weighted by molar-refractivity contribution is 7.86. The van der Waals surface area contributed by atoms with Crippen molar-refractivity contribution in [2.75, 3.05) is 6.26 Å². The average Bonchev–Trinajstić information content (AvgIpc) is 2.21. The molecule has 3 nitrogen and oxygen atoms in total. The molecule has 0 bridgehead atoms. The number of rotatable bonds is 3. The van der Waals surface area contributed by atoms with Crippen LogP contribution in [0.2, 0.25) is 0 Å². The molecular formula is C11H9F7O3S. The lowest BCUT2D eigenvalue weighted by Crippen LogP contribution is -2.50. The lowest BCUT2D eigenvalue weighted by molar-refractivity contribution is -0.348. The van der Waals surface area contributed by atoms with Crippen LogP contribution < -0.4 is 4.18 Å². The van der Waals surface area contributed by atoms with E-state index >= 15 is 0 Å². The number of hydrogen-bond acceptors (Lipinski definition) is 3. The maximum atomic E-state index is 13.9. The predicted molar refractivity (Wildman–Crippen MR) is 61.5 cm³/mol. The molecule has 11 heteroatoms. The molecule has 0 aliphatic rings. The second kappa shape index (κ2) is 5.28. The Morgan fingerprint density at radius 3 is 1.73 bits per heavy atom. The first kappa shape index (κ1) is 18.5. The molecule has 0 aliphatic carbocycles. The van der Waals surface area contributed by atoms with Crippen LogP contribution in [0.4, 0.5) is 30.7 Å². The molecule has 0 amide bonds. The van der Waals surface area contributed by atoms with Crippen LogP contribution in [-0.4, -0.2) is 27.0 Å². The molecule has 0 saturated carbocycles. The SMILES string of the molecule is Cc1cc(OS(C)(=O)=O)cc(C(F)(C(F)(F)F)C(F)(F)F)c1. The van der Waals surface area contributed by atoms with Crippen LogP contribution in [0.1, 0.15) is 11.1 Å². The van der Waals surface area contributed by atoms with E-state index in [4.69, 9.17) is 0 Å². The number of aryl methyl sites for hydroxylation is 1. The minimum atomic E-state index is -6.29. The summed E-state index contributed by atoms with van der Waals surface area (Å²) in [4.78, 5) is 0. The van der Waals surface area contributed by atoms with Gasteiger partial charge >= 0.3 is 28.1 Å². The zero-order chi connectivity index (χ0) is 17.6. The molecule has 0 spiro atoms. The Morgan fingerprint density at radius 1 is 0.909 bits per heavy atom. The van der Waals surface area contributed by atoms with Gasteiger partial charge in [-0.3, -0.25) is 0 Å². The molecule has 0 atom stereocenters. The standard InChI is InChI=1S/C11H9F7O3S/c1-6-3-7(5-8(4-6)21-22(2,19)20)9(12,10(13,14)15)11(16,17)18/h3-5H,1-2H3. The topological polar surface area (TPSA) is 43.4 Å². The van der Waals surface area contributed by atoms with Gasteiger partial charge in [-0.15, -0.1) is 0 Å². The second-order valence-electron chi connectivity index (χ2n) is 4.48. The van der Waals surface area contributed by atoms with Crippen molar-refractivity contribution in [3.05, 3.63) is 29.3 Å². The summed E-state index contributed by atoms with van der Waals surface area (Å²) < 4.78 is 116. The lowest BCUT2D eigenvalue weighted by Gasteiger charge is -2.30. The molecule has 1 aromatic carbocycles. The van der Waals surface area contributed by atoms with Crippen molar-refractivity contribution in [3.63, 3.8) is 0 Å². The van der Waals surface area contributed by atoms with Gasteiger partial charge in [0, 0.05) is 5.56 Å². The van der Waals surface area contributed by atoms with E-state index < -0.39 is 39.5 Å². The van der Waals surface area contributed by atoms with Gasteiger partial charge in [0.15, 0.2) is 0 Å². The van der Waals surface area contributed by atoms with Gasteiger partial charge in [-0.1, -0.05) is 6.07 Å². The normalized spacial score (nSPS) is 14.0. The molecule has 0 heterocycles. The van der Waals surface area contributed by atoms with Crippen molar-refractivity contribution < 1.29 is 43.3 Å². The predicted octanol–water partition coefficient (Wildman–Crippen LogP) is 3.62. The molecule has 22 heavy (non-hydrogen) atoms. The summed E-state index contributed by atoms with van der Waals surface area (Å²) >= 11 is 0. The summed E-state index contributed by atoms with van der Waals surface area (Å²) in [7, 11) is -4.21. The summed E-state index contributed by atoms with van der Waals surface area (Å²) in [5.74, 6) is -0.854. The fraction of sp³-hybridized carbons (Fsp3) is 0.455. The average molecular weight is 354 g/mol. The van der Waals surface area contributed by atoms with Crippen molar-refractivity contribution in [1.29, 1.82) is 0 Å². The molecule has 0 saturated heterocycles. The molecule has 1 aromatic rings. The van der Waals surface area contributed by atoms with E-state index in [1.807, 2.05) is 0 Å². The van der Waals surface area contributed by atoms with Gasteiger partial charge in [-0.05, 0) is 24.6 Å². The summed E-state index contributed by atoms with van der Waals surface area (Å²) in [6.45, 7) is 1.06. The van der Waals surface area contributed by atoms with E-state index in [2.05, 4.69) is 4.18 Å². The Morgan fingerprint density at radius 2 is 1.36 bits per heavy atom. The maximum absolute atomic E-state index is 13.9. The van der Waals surface area contributed by atoms with Crippen LogP contribution in [0, 0.1) is 6.92 Å². The number of benzene rings is 1. The largest absolute Gasteiger partial charge is 0.435 e. The Labute approximate surface area is 120 Å². The Balaban J connectivity index is 3.58. The van der Waals surface area contributed by atoms with Crippen molar-refractivity contribution in [1.82, 2.24) is 0 Å². The van der Waals surface area contributed by atoms with Crippen molar-refractivity contribution >= 4 is 10.1 Å². The molecule has 0 aromatic heterocycles. The first-order valence-corrected chi connectivity index (χ1v) is 7.23. The minimum absolute atomic E-state index is 0.0506. The van der Waals surface area contributed by atoms with E-state index in [0.29, 0.717) is 12.3 Å². The van der Waals surface area contributed by atoms with Crippen LogP contribution >= 0.6 is 0 Å². The van der Waals surface area contributed by atoms with Crippen LogP contribution in [-0.2, 0) is 15.8 Å². The first-order chi connectivity index (χ1) is 9.58. The van der Waals surface area contributed by atoms with Crippen molar-refractivity contribution in [2.24, 2.45) is 0 Å². The lowest BCUT2D eigenvalue weighted by atomic mass is 9.92. The molecule has 0 unspecified atom stereocenters. The van der Waals surface area contributed by atoms with E-state index in [0.717, 1.165) is 13.0 Å². The van der Waals surface area contributed by atoms with Crippen LogP contribution in [0.25, 0.3) is 0 Å². The highest BCUT2D eigenvalue weighted by Crippen LogP contribution is 2.53. The van der Waals surface area contributed by atoms with Crippen LogP contribution in [0.5, 0.6) is 5.75 Å². The summed E-state index contributed by atoms with van der Waals surface area (Å²) in [6, 6.07) is 1.23. The summed E-state index contributed by atoms with van der Waals surface area (Å²) in [5.41, 5.74) is -7.71. The molecule has 0 N–H and O–H groups in total. The van der Waals surface area contributed by atoms with Crippen LogP contribution in [0.3, 0.4) is 0 Å². The van der Waals surface area contributed by atoms with Gasteiger partial charge in [0.25, 0.3) is 0 Å². The van der Waals surface area contributed by atoms with E-state index in [9.17, 15) is 39.2 Å². The molecular weight excluding hydrogens is 345 g/mol. The zero-order valence-corrected chi connectivity index (χ0v) is 11.8. The van der Waals surface area contributed by atoms with Gasteiger partial charge in [0.1, 0.15) is 5.75 Å². The Kier molecular flexibility index (Phi) is 4.45. The smallest absolute Gasteiger partial charge is 0.383 e. The third-order valence-electron chi connectivity index (χ3n) is 2.48. The minimum Gasteiger partial charge on any atom is -0.383 e. The monoisotopic (exact) mass is 354 g/mol. The Bertz CT molecular complexity index is 647. The highest BCUT2D eigenvalue weighted by atomic mass is 32.2. The molecule has 126 valence electrons. The quantitative estimate of drug-likeness (QED) is 0.615. The molecule has 0 radical (unpaired) electrons. The molecule has 1 rings (SSSR count). The fourth-order valence-electron chi connectivity index (χ4n) is 1.66. The Hall–Kier alpha value is -1.52. The van der Waals surface area contributed by atoms with E-state index in [1.165, 1.54) is 0 Å². The molecule has 0 fully saturated rings. The number of hydrogen-bond donors (Lipinski definition) is 0. The first-order valence-electron chi connectivity index (χ1n) is 5.42. The van der Waals surface area contributed by atoms with Crippen molar-refractivity contribution in [3.8, 4) is 5.75 Å². The second-order valence-corrected chi connectivity index (χ2v) is 6.05.